The highest BCUT2D eigenvalue weighted by atomic mass is 16.4. The quantitative estimate of drug-likeness (QED) is 0.309. The monoisotopic (exact) mass is 229 g/mol. The van der Waals surface area contributed by atoms with Crippen molar-refractivity contribution in [3.8, 4) is 0 Å². The van der Waals surface area contributed by atoms with Crippen LogP contribution in [0.3, 0.4) is 0 Å². The van der Waals surface area contributed by atoms with Crippen molar-refractivity contribution in [2.45, 2.75) is 0 Å². The molecule has 92 valence electrons. The van der Waals surface area contributed by atoms with Crippen molar-refractivity contribution in [2.75, 3.05) is 14.2 Å². The molecule has 0 spiro atoms. The minimum absolute atomic E-state index is 1.33. The van der Waals surface area contributed by atoms with Crippen LogP contribution in [-0.2, 0) is 4.74 Å². The molecule has 0 aromatic heterocycles. The van der Waals surface area contributed by atoms with Crippen LogP contribution in [0.25, 0.3) is 0 Å². The van der Waals surface area contributed by atoms with Gasteiger partial charge in [-0.3, -0.25) is 0 Å². The smallest absolute Gasteiger partial charge is 0.402 e. The molecule has 3 amide bonds. The lowest BCUT2D eigenvalue weighted by atomic mass is 11.3. The Labute approximate surface area is 85.2 Å². The zero-order valence-electron chi connectivity index (χ0n) is 8.21. The molecule has 0 heterocycles. The van der Waals surface area contributed by atoms with Crippen LogP contribution in [0, 0.1) is 0 Å². The lowest BCUT2D eigenvalue weighted by Crippen LogP contribution is -2.03. The fourth-order valence-electron chi connectivity index (χ4n) is 0. The highest BCUT2D eigenvalue weighted by Gasteiger charge is 1.65. The predicted octanol–water partition coefficient (Wildman–Crippen LogP) is -0.868. The van der Waals surface area contributed by atoms with Gasteiger partial charge in [0.15, 0.2) is 0 Å². The van der Waals surface area contributed by atoms with Gasteiger partial charge in [0.05, 0.1) is 0 Å². The van der Waals surface area contributed by atoms with Crippen LogP contribution in [0.2, 0.25) is 0 Å². The number of hydrogen-bond acceptors (Lipinski definition) is 4. The van der Waals surface area contributed by atoms with Crippen molar-refractivity contribution in [1.82, 2.24) is 0 Å². The first-order valence-electron chi connectivity index (χ1n) is 2.97. The molecule has 0 aliphatic rings. The number of carboxylic acid groups (broad SMARTS) is 3. The van der Waals surface area contributed by atoms with Crippen LogP contribution in [0.4, 0.5) is 14.4 Å². The third kappa shape index (κ3) is 226. The molecule has 0 aliphatic carbocycles. The number of carbonyl (C=O) groups is 3. The molecule has 10 nitrogen and oxygen atoms in total. The maximum Gasteiger partial charge on any atom is 0.402 e. The van der Waals surface area contributed by atoms with Gasteiger partial charge in [-0.1, -0.05) is 0 Å². The fraction of sp³-hybridized carbons (Fsp3) is 0.400. The van der Waals surface area contributed by atoms with Gasteiger partial charge in [0.25, 0.3) is 0 Å². The van der Waals surface area contributed by atoms with Crippen molar-refractivity contribution in [3.05, 3.63) is 0 Å². The standard InChI is InChI=1S/C2H6O.3CH3NO2/c1-3-2;3*2-1(3)4/h1-2H3;3*2H2,(H,3,4). The summed E-state index contributed by atoms with van der Waals surface area (Å²) in [5.41, 5.74) is 12.1. The van der Waals surface area contributed by atoms with Gasteiger partial charge < -0.3 is 37.3 Å². The summed E-state index contributed by atoms with van der Waals surface area (Å²) in [5, 5.41) is 21.6. The Balaban J connectivity index is -0.0000000542. The van der Waals surface area contributed by atoms with E-state index < -0.39 is 18.3 Å². The van der Waals surface area contributed by atoms with E-state index >= 15 is 0 Å². The SMILES string of the molecule is COC.NC(=O)O.NC(=O)O.NC(=O)O. The lowest BCUT2D eigenvalue weighted by molar-refractivity contribution is 0.204. The van der Waals surface area contributed by atoms with E-state index in [-0.39, 0.29) is 0 Å². The molecule has 0 aromatic rings. The van der Waals surface area contributed by atoms with Crippen molar-refractivity contribution in [2.24, 2.45) is 17.2 Å². The van der Waals surface area contributed by atoms with E-state index in [1.807, 2.05) is 0 Å². The van der Waals surface area contributed by atoms with E-state index in [0.717, 1.165) is 0 Å². The Morgan fingerprint density at radius 1 is 0.800 bits per heavy atom. The average Bonchev–Trinajstić information content (AvgIpc) is 1.81. The van der Waals surface area contributed by atoms with Gasteiger partial charge in [0.1, 0.15) is 0 Å². The normalized spacial score (nSPS) is 6.00. The first kappa shape index (κ1) is 23.0. The Morgan fingerprint density at radius 3 is 0.800 bits per heavy atom. The Hall–Kier alpha value is -2.23. The Kier molecular flexibility index (Phi) is 34.7. The minimum atomic E-state index is -1.33. The second kappa shape index (κ2) is 22.6. The summed E-state index contributed by atoms with van der Waals surface area (Å²) in [6.45, 7) is 0. The first-order valence-corrected chi connectivity index (χ1v) is 2.97. The van der Waals surface area contributed by atoms with E-state index in [2.05, 4.69) is 21.9 Å². The van der Waals surface area contributed by atoms with Crippen LogP contribution in [-0.4, -0.2) is 47.8 Å². The maximum absolute atomic E-state index is 8.78. The fourth-order valence-corrected chi connectivity index (χ4v) is 0. The predicted molar refractivity (Wildman–Crippen MR) is 49.6 cm³/mol. The second-order valence-corrected chi connectivity index (χ2v) is 1.42. The third-order valence-corrected chi connectivity index (χ3v) is 0. The first-order chi connectivity index (χ1) is 6.61. The lowest BCUT2D eigenvalue weighted by Gasteiger charge is -1.61. The number of ether oxygens (including phenoxy) is 1. The molecule has 0 fully saturated rings. The number of hydrogen-bond donors (Lipinski definition) is 6. The van der Waals surface area contributed by atoms with E-state index in [1.54, 1.807) is 14.2 Å². The molecular formula is C5H15N3O7. The van der Waals surface area contributed by atoms with Crippen LogP contribution < -0.4 is 17.2 Å². The maximum atomic E-state index is 8.78. The summed E-state index contributed by atoms with van der Waals surface area (Å²) in [7, 11) is 3.25. The third-order valence-electron chi connectivity index (χ3n) is 0. The summed E-state index contributed by atoms with van der Waals surface area (Å²) in [6, 6.07) is 0. The molecule has 10 heteroatoms. The van der Waals surface area contributed by atoms with Crippen LogP contribution in [0.5, 0.6) is 0 Å². The van der Waals surface area contributed by atoms with Crippen LogP contribution >= 0.6 is 0 Å². The minimum Gasteiger partial charge on any atom is -0.465 e. The molecule has 0 aromatic carbocycles. The molecule has 0 aliphatic heterocycles. The highest BCUT2D eigenvalue weighted by molar-refractivity contribution is 5.62. The zero-order chi connectivity index (χ0) is 13.4. The van der Waals surface area contributed by atoms with Gasteiger partial charge in [-0.2, -0.15) is 0 Å². The van der Waals surface area contributed by atoms with Crippen molar-refractivity contribution in [3.63, 3.8) is 0 Å². The van der Waals surface area contributed by atoms with Crippen molar-refractivity contribution >= 4 is 18.3 Å². The molecule has 0 bridgehead atoms. The summed E-state index contributed by atoms with van der Waals surface area (Å²) in [6.07, 6.45) is -4.00. The number of nitrogens with two attached hydrogens (primary N) is 3. The molecule has 9 N–H and O–H groups in total. The number of methoxy groups -OCH3 is 1. The van der Waals surface area contributed by atoms with Gasteiger partial charge in [-0.15, -0.1) is 0 Å². The average molecular weight is 229 g/mol. The van der Waals surface area contributed by atoms with Gasteiger partial charge in [0.2, 0.25) is 0 Å². The van der Waals surface area contributed by atoms with E-state index in [9.17, 15) is 0 Å². The van der Waals surface area contributed by atoms with Gasteiger partial charge in [0, 0.05) is 14.2 Å². The second-order valence-electron chi connectivity index (χ2n) is 1.42. The molecular weight excluding hydrogens is 214 g/mol. The molecule has 15 heavy (non-hydrogen) atoms. The van der Waals surface area contributed by atoms with E-state index in [4.69, 9.17) is 29.7 Å². The highest BCUT2D eigenvalue weighted by Crippen LogP contribution is 1.35. The largest absolute Gasteiger partial charge is 0.465 e. The van der Waals surface area contributed by atoms with E-state index in [1.165, 1.54) is 0 Å². The van der Waals surface area contributed by atoms with Gasteiger partial charge >= 0.3 is 18.3 Å². The molecule has 0 rings (SSSR count). The summed E-state index contributed by atoms with van der Waals surface area (Å²) >= 11 is 0. The topological polar surface area (TPSA) is 199 Å². The van der Waals surface area contributed by atoms with Crippen molar-refractivity contribution < 1.29 is 34.4 Å². The summed E-state index contributed by atoms with van der Waals surface area (Å²) in [5.74, 6) is 0. The number of rotatable bonds is 0. The van der Waals surface area contributed by atoms with E-state index in [0.29, 0.717) is 0 Å². The van der Waals surface area contributed by atoms with Crippen LogP contribution in [0.15, 0.2) is 0 Å². The van der Waals surface area contributed by atoms with Crippen LogP contribution in [0.1, 0.15) is 0 Å². The molecule has 0 atom stereocenters. The summed E-state index contributed by atoms with van der Waals surface area (Å²) in [4.78, 5) is 26.3. The Morgan fingerprint density at radius 2 is 0.800 bits per heavy atom. The molecule has 0 saturated carbocycles. The number of primary amides is 3. The van der Waals surface area contributed by atoms with Gasteiger partial charge in [-0.25, -0.2) is 14.4 Å². The molecule has 0 radical (unpaired) electrons. The molecule has 0 saturated heterocycles. The summed E-state index contributed by atoms with van der Waals surface area (Å²) < 4.78 is 4.25. The Bertz CT molecular complexity index is 131. The van der Waals surface area contributed by atoms with Gasteiger partial charge in [-0.05, 0) is 0 Å². The van der Waals surface area contributed by atoms with Crippen molar-refractivity contribution in [1.29, 1.82) is 0 Å². The number of amides is 3. The molecule has 0 unspecified atom stereocenters. The zero-order valence-corrected chi connectivity index (χ0v) is 8.21.